The van der Waals surface area contributed by atoms with Gasteiger partial charge in [-0.05, 0) is 29.7 Å². The number of carbonyl (C=O) groups excluding carboxylic acids is 3. The molecule has 0 bridgehead atoms. The van der Waals surface area contributed by atoms with Crippen molar-refractivity contribution in [1.82, 2.24) is 40.6 Å². The fraction of sp³-hybridized carbons (Fsp3) is 0.750. The molecule has 16 nitrogen and oxygen atoms in total. The third kappa shape index (κ3) is 5.61. The summed E-state index contributed by atoms with van der Waals surface area (Å²) >= 11 is 1.50. The molecule has 41 heavy (non-hydrogen) atoms. The molecule has 5 heterocycles. The second-order valence-corrected chi connectivity index (χ2v) is 13.0. The summed E-state index contributed by atoms with van der Waals surface area (Å²) in [5, 5.41) is 44.2. The highest BCUT2D eigenvalue weighted by atomic mass is 32.2. The second kappa shape index (κ2) is 11.5. The normalized spacial score (nSPS) is 35.2. The van der Waals surface area contributed by atoms with Gasteiger partial charge in [-0.15, -0.1) is 5.10 Å². The van der Waals surface area contributed by atoms with Crippen molar-refractivity contribution in [3.05, 3.63) is 6.33 Å². The lowest BCUT2D eigenvalue weighted by molar-refractivity contribution is -0.166. The number of tetrazole rings is 1. The van der Waals surface area contributed by atoms with Crippen LogP contribution in [0.2, 0.25) is 0 Å². The summed E-state index contributed by atoms with van der Waals surface area (Å²) in [6.45, 7) is 4.63. The Morgan fingerprint density at radius 2 is 2.10 bits per heavy atom. The van der Waals surface area contributed by atoms with Crippen LogP contribution in [0.25, 0.3) is 0 Å². The number of hydrogen-bond donors (Lipinski definition) is 6. The summed E-state index contributed by atoms with van der Waals surface area (Å²) in [6.07, 6.45) is 1.31. The largest absolute Gasteiger partial charge is 0.480 e. The number of aliphatic carboxylic acids is 1. The van der Waals surface area contributed by atoms with Crippen LogP contribution in [0.3, 0.4) is 0 Å². The van der Waals surface area contributed by atoms with Gasteiger partial charge in [-0.3, -0.25) is 19.8 Å². The number of likely N-dealkylation sites (tertiary alicyclic amines) is 1. The van der Waals surface area contributed by atoms with Gasteiger partial charge in [0.25, 0.3) is 0 Å². The number of fused-ring (bicyclic) bond motifs is 1. The monoisotopic (exact) mass is 592 g/mol. The number of nitrogens with one attached hydrogen (secondary N) is 3. The average molecular weight is 593 g/mol. The molecule has 1 aromatic heterocycles. The molecule has 4 saturated heterocycles. The third-order valence-corrected chi connectivity index (χ3v) is 10.5. The van der Waals surface area contributed by atoms with Crippen molar-refractivity contribution >= 4 is 41.3 Å². The van der Waals surface area contributed by atoms with E-state index in [1.54, 1.807) is 11.8 Å². The van der Waals surface area contributed by atoms with Crippen LogP contribution >= 0.6 is 11.8 Å². The van der Waals surface area contributed by atoms with Crippen molar-refractivity contribution in [2.24, 2.45) is 23.5 Å². The van der Waals surface area contributed by atoms with E-state index in [2.05, 4.69) is 26.2 Å². The number of rotatable bonds is 10. The van der Waals surface area contributed by atoms with E-state index in [9.17, 15) is 29.4 Å². The Bertz CT molecular complexity index is 1200. The first-order chi connectivity index (χ1) is 19.5. The highest BCUT2D eigenvalue weighted by Gasteiger charge is 2.65. The number of aliphatic hydroxyl groups excluding tert-OH is 1. The maximum absolute atomic E-state index is 13.2. The number of carboxylic acid groups (broad SMARTS) is 1. The number of hydrogen-bond acceptors (Lipinski definition) is 11. The zero-order chi connectivity index (χ0) is 29.6. The number of β-amino-alcohol motifs (C(OH)–C–C–N with tert-alkyl or cyclic N) is 1. The fourth-order valence-electron chi connectivity index (χ4n) is 6.81. The zero-order valence-corrected chi connectivity index (χ0v) is 23.6. The summed E-state index contributed by atoms with van der Waals surface area (Å²) in [5.41, 5.74) is 5.48. The topological polar surface area (TPSA) is 233 Å². The van der Waals surface area contributed by atoms with Gasteiger partial charge in [-0.2, -0.15) is 11.8 Å². The minimum atomic E-state index is -1.07. The van der Waals surface area contributed by atoms with E-state index in [1.807, 2.05) is 6.92 Å². The quantitative estimate of drug-likeness (QED) is 0.0911. The molecule has 1 aromatic rings. The maximum atomic E-state index is 13.2. The number of nitrogens with two attached hydrogens (primary N) is 1. The van der Waals surface area contributed by atoms with E-state index >= 15 is 0 Å². The fourth-order valence-corrected chi connectivity index (χ4v) is 8.56. The van der Waals surface area contributed by atoms with Crippen LogP contribution in [0.1, 0.15) is 26.7 Å². The van der Waals surface area contributed by atoms with Crippen LogP contribution < -0.4 is 16.4 Å². The Balaban J connectivity index is 1.19. The molecular weight excluding hydrogens is 556 g/mol. The van der Waals surface area contributed by atoms with E-state index < -0.39 is 36.1 Å². The number of carboxylic acids is 1. The van der Waals surface area contributed by atoms with Crippen LogP contribution in [0.4, 0.5) is 0 Å². The highest BCUT2D eigenvalue weighted by Crippen LogP contribution is 2.50. The van der Waals surface area contributed by atoms with E-state index in [-0.39, 0.29) is 71.4 Å². The minimum Gasteiger partial charge on any atom is -0.480 e. The first kappa shape index (κ1) is 29.2. The molecule has 0 radical (unpaired) electrons. The molecule has 7 N–H and O–H groups in total. The molecule has 4 fully saturated rings. The molecule has 0 aromatic carbocycles. The van der Waals surface area contributed by atoms with Crippen molar-refractivity contribution in [3.8, 4) is 0 Å². The molecule has 0 saturated carbocycles. The molecule has 224 valence electrons. The van der Waals surface area contributed by atoms with Gasteiger partial charge in [0.05, 0.1) is 23.9 Å². The molecule has 6 unspecified atom stereocenters. The number of aromatic nitrogens is 4. The lowest BCUT2D eigenvalue weighted by Crippen LogP contribution is -2.68. The summed E-state index contributed by atoms with van der Waals surface area (Å²) < 4.78 is 1.27. The Morgan fingerprint density at radius 1 is 1.34 bits per heavy atom. The van der Waals surface area contributed by atoms with Crippen molar-refractivity contribution in [2.75, 3.05) is 19.6 Å². The van der Waals surface area contributed by atoms with Crippen LogP contribution in [-0.4, -0.2) is 130 Å². The van der Waals surface area contributed by atoms with Crippen molar-refractivity contribution < 1.29 is 29.4 Å². The van der Waals surface area contributed by atoms with Crippen molar-refractivity contribution in [2.45, 2.75) is 74.0 Å². The molecule has 5 rings (SSSR count). The summed E-state index contributed by atoms with van der Waals surface area (Å²) in [6, 6.07) is -2.30. The Kier molecular flexibility index (Phi) is 8.20. The summed E-state index contributed by atoms with van der Waals surface area (Å²) in [4.78, 5) is 54.2. The number of carbonyl (C=O) groups is 4. The molecular formula is C24H36N10O6S. The van der Waals surface area contributed by atoms with Gasteiger partial charge in [0, 0.05) is 54.6 Å². The Labute approximate surface area is 240 Å². The molecule has 3 amide bonds. The van der Waals surface area contributed by atoms with E-state index in [0.29, 0.717) is 19.5 Å². The first-order valence-electron chi connectivity index (χ1n) is 13.7. The first-order valence-corrected chi connectivity index (χ1v) is 14.6. The predicted molar refractivity (Wildman–Crippen MR) is 144 cm³/mol. The third-order valence-electron chi connectivity index (χ3n) is 8.71. The highest BCUT2D eigenvalue weighted by molar-refractivity contribution is 8.00. The average Bonchev–Trinajstić information content (AvgIpc) is 3.68. The van der Waals surface area contributed by atoms with Gasteiger partial charge in [0.15, 0.2) is 0 Å². The number of thioether (sulfide) groups is 1. The predicted octanol–water partition coefficient (Wildman–Crippen LogP) is -2.91. The van der Waals surface area contributed by atoms with E-state index in [4.69, 9.17) is 11.1 Å². The minimum absolute atomic E-state index is 0.0241. The molecule has 17 heteroatoms. The maximum Gasteiger partial charge on any atom is 0.327 e. The number of β-lactam (4-membered cyclic amide) rings is 1. The number of amidine groups is 1. The van der Waals surface area contributed by atoms with E-state index in [0.717, 1.165) is 0 Å². The standard InChI is InChI=1S/C24H36N10O6S/c1-10-19-18(11(2)29-17(36)8-33-9-28-30-31-33)23(38)34(19)20(24(39)40)21(10)41-13-4-14(27-5-13)22(37)32-6-12(3-16(25)26)15(35)7-32/h9-15,18-21,27,35H,3-8H2,1-2H3,(H3,25,26)(H,29,36)(H,39,40)/t10?,11?,12?,13?,14?,15-,18+,19+,20-,21?/m0/s1. The smallest absolute Gasteiger partial charge is 0.327 e. The number of nitrogens with zero attached hydrogens (tertiary/aromatic N) is 6. The zero-order valence-electron chi connectivity index (χ0n) is 22.8. The van der Waals surface area contributed by atoms with Gasteiger partial charge in [0.2, 0.25) is 17.7 Å². The molecule has 0 aliphatic carbocycles. The SMILES string of the molecule is CC(NC(=O)Cn1cnnn1)[C@H]1C(=O)N2[C@H](C(=O)O)C(SC3CNC(C(=O)N4CC(CC(=N)N)[C@@H](O)C4)C3)C(C)[C@H]12. The Morgan fingerprint density at radius 3 is 2.76 bits per heavy atom. The van der Waals surface area contributed by atoms with Crippen LogP contribution in [0.15, 0.2) is 6.33 Å². The van der Waals surface area contributed by atoms with E-state index in [1.165, 1.54) is 27.7 Å². The summed E-state index contributed by atoms with van der Waals surface area (Å²) in [5.74, 6) is -2.83. The molecule has 4 aliphatic heterocycles. The number of aliphatic hydroxyl groups is 1. The number of amides is 3. The van der Waals surface area contributed by atoms with Crippen LogP contribution in [0.5, 0.6) is 0 Å². The van der Waals surface area contributed by atoms with Gasteiger partial charge < -0.3 is 36.4 Å². The van der Waals surface area contributed by atoms with Gasteiger partial charge in [-0.25, -0.2) is 9.48 Å². The molecule has 4 aliphatic rings. The lowest BCUT2D eigenvalue weighted by Gasteiger charge is -2.48. The van der Waals surface area contributed by atoms with Gasteiger partial charge in [0.1, 0.15) is 18.9 Å². The van der Waals surface area contributed by atoms with Crippen molar-refractivity contribution in [1.29, 1.82) is 5.41 Å². The van der Waals surface area contributed by atoms with Gasteiger partial charge in [-0.1, -0.05) is 6.92 Å². The van der Waals surface area contributed by atoms with Gasteiger partial charge >= 0.3 is 5.97 Å². The van der Waals surface area contributed by atoms with Crippen LogP contribution in [0, 0.1) is 23.2 Å². The molecule has 10 atom stereocenters. The molecule has 0 spiro atoms. The van der Waals surface area contributed by atoms with Crippen molar-refractivity contribution in [3.63, 3.8) is 0 Å². The Hall–Kier alpha value is -3.31. The lowest BCUT2D eigenvalue weighted by atomic mass is 9.78. The summed E-state index contributed by atoms with van der Waals surface area (Å²) in [7, 11) is 0. The second-order valence-electron chi connectivity index (χ2n) is 11.5. The van der Waals surface area contributed by atoms with Crippen LogP contribution in [-0.2, 0) is 25.7 Å².